The van der Waals surface area contributed by atoms with Crippen LogP contribution in [-0.2, 0) is 11.2 Å². The Hall–Kier alpha value is -3.20. The zero-order valence-corrected chi connectivity index (χ0v) is 16.5. The van der Waals surface area contributed by atoms with Crippen molar-refractivity contribution in [1.82, 2.24) is 15.4 Å². The van der Waals surface area contributed by atoms with Crippen LogP contribution in [0.1, 0.15) is 17.7 Å². The molecular weight excluding hydrogens is 428 g/mol. The second-order valence-electron chi connectivity index (χ2n) is 5.84. The number of halogens is 1. The number of aromatic hydroxyl groups is 1. The maximum Gasteiger partial charge on any atom is 0.270 e. The number of aromatic nitrogens is 2. The topological polar surface area (TPSA) is 117 Å². The maximum absolute atomic E-state index is 12.0. The minimum Gasteiger partial charge on any atom is -0.503 e. The summed E-state index contributed by atoms with van der Waals surface area (Å²) in [5.74, 6) is -0.0972. The molecule has 0 saturated carbocycles. The zero-order valence-electron chi connectivity index (χ0n) is 14.9. The molecule has 0 bridgehead atoms. The van der Waals surface area contributed by atoms with E-state index >= 15 is 0 Å². The molecule has 1 aromatic heterocycles. The second-order valence-corrected chi connectivity index (χ2v) is 6.64. The number of hydrogen-bond donors (Lipinski definition) is 3. The Kier molecular flexibility index (Phi) is 6.05. The Morgan fingerprint density at radius 2 is 2.14 bits per heavy atom. The monoisotopic (exact) mass is 444 g/mol. The van der Waals surface area contributed by atoms with Crippen molar-refractivity contribution in [2.45, 2.75) is 12.8 Å². The summed E-state index contributed by atoms with van der Waals surface area (Å²) in [4.78, 5) is 31.1. The quantitative estimate of drug-likeness (QED) is 0.398. The average Bonchev–Trinajstić information content (AvgIpc) is 2.69. The third-order valence-electron chi connectivity index (χ3n) is 3.98. The Labute approximate surface area is 168 Å². The number of methoxy groups -OCH3 is 1. The first-order valence-electron chi connectivity index (χ1n) is 8.35. The van der Waals surface area contributed by atoms with Crippen LogP contribution in [0.3, 0.4) is 0 Å². The summed E-state index contributed by atoms with van der Waals surface area (Å²) in [6.07, 6.45) is 1.64. The van der Waals surface area contributed by atoms with E-state index in [0.717, 1.165) is 0 Å². The highest BCUT2D eigenvalue weighted by Gasteiger charge is 2.10. The van der Waals surface area contributed by atoms with E-state index in [9.17, 15) is 14.7 Å². The van der Waals surface area contributed by atoms with Gasteiger partial charge >= 0.3 is 0 Å². The first-order chi connectivity index (χ1) is 13.5. The highest BCUT2D eigenvalue weighted by molar-refractivity contribution is 9.10. The van der Waals surface area contributed by atoms with Crippen LogP contribution in [0.15, 0.2) is 50.8 Å². The smallest absolute Gasteiger partial charge is 0.270 e. The number of aromatic amines is 1. The number of fused-ring (bicyclic) bond motifs is 1. The third-order valence-corrected chi connectivity index (χ3v) is 4.81. The Morgan fingerprint density at radius 1 is 1.36 bits per heavy atom. The highest BCUT2D eigenvalue weighted by Crippen LogP contribution is 2.35. The summed E-state index contributed by atoms with van der Waals surface area (Å²) in [7, 11) is 1.45. The molecule has 3 aromatic rings. The van der Waals surface area contributed by atoms with Crippen LogP contribution in [0.25, 0.3) is 11.0 Å². The molecule has 0 atom stereocenters. The molecule has 0 saturated heterocycles. The van der Waals surface area contributed by atoms with Crippen LogP contribution in [0, 0.1) is 0 Å². The lowest BCUT2D eigenvalue weighted by atomic mass is 10.2. The first kappa shape index (κ1) is 19.6. The minimum absolute atomic E-state index is 0.0561. The van der Waals surface area contributed by atoms with Crippen molar-refractivity contribution >= 4 is 39.1 Å². The van der Waals surface area contributed by atoms with E-state index in [2.05, 4.69) is 36.4 Å². The van der Waals surface area contributed by atoms with Crippen molar-refractivity contribution in [3.63, 3.8) is 0 Å². The Morgan fingerprint density at radius 3 is 2.93 bits per heavy atom. The molecule has 144 valence electrons. The normalized spacial score (nSPS) is 11.1. The van der Waals surface area contributed by atoms with Crippen LogP contribution in [0.2, 0.25) is 0 Å². The number of hydrazone groups is 1. The summed E-state index contributed by atoms with van der Waals surface area (Å²) >= 11 is 3.25. The van der Waals surface area contributed by atoms with Gasteiger partial charge in [0.15, 0.2) is 11.5 Å². The molecule has 28 heavy (non-hydrogen) atoms. The number of phenols is 1. The molecule has 0 fully saturated rings. The van der Waals surface area contributed by atoms with Crippen LogP contribution in [0.4, 0.5) is 0 Å². The number of carbonyl (C=O) groups is 1. The summed E-state index contributed by atoms with van der Waals surface area (Å²) in [6, 6.07) is 10.5. The fourth-order valence-electron chi connectivity index (χ4n) is 2.53. The van der Waals surface area contributed by atoms with Gasteiger partial charge in [-0.1, -0.05) is 12.1 Å². The van der Waals surface area contributed by atoms with E-state index in [-0.39, 0.29) is 30.1 Å². The molecule has 0 aliphatic heterocycles. The maximum atomic E-state index is 12.0. The molecule has 0 spiro atoms. The predicted molar refractivity (Wildman–Crippen MR) is 109 cm³/mol. The van der Waals surface area contributed by atoms with Crippen LogP contribution in [-0.4, -0.2) is 34.3 Å². The van der Waals surface area contributed by atoms with E-state index in [0.29, 0.717) is 32.5 Å². The Balaban J connectivity index is 1.61. The van der Waals surface area contributed by atoms with Crippen molar-refractivity contribution < 1.29 is 14.6 Å². The number of phenolic OH excluding ortho intramolecular Hbond substituents is 1. The van der Waals surface area contributed by atoms with Crippen molar-refractivity contribution in [1.29, 1.82) is 0 Å². The minimum atomic E-state index is -0.362. The van der Waals surface area contributed by atoms with Crippen molar-refractivity contribution in [2.24, 2.45) is 5.10 Å². The average molecular weight is 445 g/mol. The molecular formula is C19H17BrN4O4. The molecule has 9 heteroatoms. The lowest BCUT2D eigenvalue weighted by Gasteiger charge is -2.07. The van der Waals surface area contributed by atoms with E-state index in [1.165, 1.54) is 13.3 Å². The molecule has 0 aliphatic carbocycles. The summed E-state index contributed by atoms with van der Waals surface area (Å²) < 4.78 is 5.41. The molecule has 2 aromatic carbocycles. The van der Waals surface area contributed by atoms with Gasteiger partial charge < -0.3 is 14.8 Å². The number of aryl methyl sites for hydroxylation is 1. The van der Waals surface area contributed by atoms with Gasteiger partial charge in [0, 0.05) is 18.4 Å². The van der Waals surface area contributed by atoms with E-state index < -0.39 is 0 Å². The fraction of sp³-hybridized carbons (Fsp3) is 0.158. The Bertz CT molecular complexity index is 1110. The number of H-pyrrole nitrogens is 1. The van der Waals surface area contributed by atoms with Gasteiger partial charge in [-0.3, -0.25) is 9.59 Å². The van der Waals surface area contributed by atoms with Crippen LogP contribution >= 0.6 is 15.9 Å². The number of benzene rings is 2. The highest BCUT2D eigenvalue weighted by atomic mass is 79.9. The summed E-state index contributed by atoms with van der Waals surface area (Å²) in [5, 5.41) is 13.8. The van der Waals surface area contributed by atoms with E-state index in [4.69, 9.17) is 4.74 Å². The van der Waals surface area contributed by atoms with Crippen molar-refractivity contribution in [3.05, 3.63) is 62.5 Å². The first-order valence-corrected chi connectivity index (χ1v) is 9.14. The predicted octanol–water partition coefficient (Wildman–Crippen LogP) is 2.48. The van der Waals surface area contributed by atoms with Gasteiger partial charge in [0.2, 0.25) is 5.91 Å². The van der Waals surface area contributed by atoms with Gasteiger partial charge in [-0.05, 0) is 40.2 Å². The molecule has 1 amide bonds. The molecule has 0 radical (unpaired) electrons. The van der Waals surface area contributed by atoms with Crippen molar-refractivity contribution in [3.8, 4) is 11.5 Å². The number of amides is 1. The van der Waals surface area contributed by atoms with E-state index in [1.807, 2.05) is 12.1 Å². The van der Waals surface area contributed by atoms with Crippen LogP contribution < -0.4 is 15.7 Å². The summed E-state index contributed by atoms with van der Waals surface area (Å²) in [6.45, 7) is 0. The molecule has 3 N–H and O–H groups in total. The second kappa shape index (κ2) is 8.66. The molecule has 0 unspecified atom stereocenters. The van der Waals surface area contributed by atoms with Gasteiger partial charge in [0.25, 0.3) is 5.56 Å². The standard InChI is InChI=1S/C19H17BrN4O4/c1-28-15-8-6-11(17(20)18(15)26)10-21-24-16(25)9-7-14-19(27)23-13-5-3-2-4-12(13)22-14/h2-6,8,10,26H,7,9H2,1H3,(H,23,27)(H,24,25)/b21-10+. The number of carbonyl (C=O) groups excluding carboxylic acids is 1. The zero-order chi connectivity index (χ0) is 20.1. The van der Waals surface area contributed by atoms with Gasteiger partial charge in [-0.25, -0.2) is 10.4 Å². The van der Waals surface area contributed by atoms with Gasteiger partial charge in [0.05, 0.1) is 28.8 Å². The lowest BCUT2D eigenvalue weighted by molar-refractivity contribution is -0.121. The van der Waals surface area contributed by atoms with Gasteiger partial charge in [0.1, 0.15) is 5.69 Å². The molecule has 0 aliphatic rings. The number of nitrogens with one attached hydrogen (secondary N) is 2. The molecule has 8 nitrogen and oxygen atoms in total. The fourth-order valence-corrected chi connectivity index (χ4v) is 2.96. The molecule has 3 rings (SSSR count). The number of nitrogens with zero attached hydrogens (tertiary/aromatic N) is 2. The van der Waals surface area contributed by atoms with Gasteiger partial charge in [-0.15, -0.1) is 0 Å². The largest absolute Gasteiger partial charge is 0.503 e. The SMILES string of the molecule is COc1ccc(/C=N/NC(=O)CCc2nc3ccccc3[nH]c2=O)c(Br)c1O. The number of hydrogen-bond acceptors (Lipinski definition) is 6. The van der Waals surface area contributed by atoms with E-state index in [1.54, 1.807) is 24.3 Å². The number of ether oxygens (including phenoxy) is 1. The third kappa shape index (κ3) is 4.37. The summed E-state index contributed by atoms with van der Waals surface area (Å²) in [5.41, 5.74) is 4.25. The van der Waals surface area contributed by atoms with Crippen molar-refractivity contribution in [2.75, 3.05) is 7.11 Å². The van der Waals surface area contributed by atoms with Crippen LogP contribution in [0.5, 0.6) is 11.5 Å². The number of para-hydroxylation sites is 2. The molecule has 1 heterocycles. The number of rotatable bonds is 6. The van der Waals surface area contributed by atoms with Gasteiger partial charge in [-0.2, -0.15) is 5.10 Å². The lowest BCUT2D eigenvalue weighted by Crippen LogP contribution is -2.21.